The average Bonchev–Trinajstić information content (AvgIpc) is 2.48. The van der Waals surface area contributed by atoms with Crippen LogP contribution in [0.3, 0.4) is 0 Å². The monoisotopic (exact) mass is 255 g/mol. The van der Waals surface area contributed by atoms with Crippen LogP contribution in [0.1, 0.15) is 17.2 Å². The second kappa shape index (κ2) is 6.66. The number of amides is 1. The number of carbonyl (C=O) groups is 1. The van der Waals surface area contributed by atoms with Gasteiger partial charge >= 0.3 is 0 Å². The standard InChI is InChI=1S/C15H17N3O/c16-10-15(19)18-14(13-6-2-1-3-7-13)9-12-5-4-8-17-11-12/h1-8,11,14H,9-10,16H2,(H,18,19). The maximum atomic E-state index is 11.5. The smallest absolute Gasteiger partial charge is 0.234 e. The Morgan fingerprint density at radius 2 is 2.00 bits per heavy atom. The molecule has 19 heavy (non-hydrogen) atoms. The second-order valence-corrected chi connectivity index (χ2v) is 4.30. The predicted molar refractivity (Wildman–Crippen MR) is 74.3 cm³/mol. The van der Waals surface area contributed by atoms with Crippen LogP contribution in [0.4, 0.5) is 0 Å². The summed E-state index contributed by atoms with van der Waals surface area (Å²) in [4.78, 5) is 15.6. The number of aromatic nitrogens is 1. The summed E-state index contributed by atoms with van der Waals surface area (Å²) in [6.45, 7) is -0.00360. The van der Waals surface area contributed by atoms with Crippen molar-refractivity contribution in [3.63, 3.8) is 0 Å². The number of rotatable bonds is 5. The summed E-state index contributed by atoms with van der Waals surface area (Å²) < 4.78 is 0. The molecular weight excluding hydrogens is 238 g/mol. The molecule has 0 fully saturated rings. The van der Waals surface area contributed by atoms with Crippen molar-refractivity contribution < 1.29 is 4.79 Å². The molecule has 2 rings (SSSR count). The minimum Gasteiger partial charge on any atom is -0.348 e. The Morgan fingerprint density at radius 1 is 1.21 bits per heavy atom. The lowest BCUT2D eigenvalue weighted by Gasteiger charge is -2.19. The third kappa shape index (κ3) is 3.89. The normalized spacial score (nSPS) is 11.8. The molecule has 1 unspecified atom stereocenters. The summed E-state index contributed by atoms with van der Waals surface area (Å²) in [5.41, 5.74) is 7.51. The molecule has 2 aromatic rings. The molecule has 0 saturated carbocycles. The predicted octanol–water partition coefficient (Wildman–Crippen LogP) is 1.44. The molecule has 0 aliphatic rings. The van der Waals surface area contributed by atoms with Gasteiger partial charge in [-0.25, -0.2) is 0 Å². The van der Waals surface area contributed by atoms with Gasteiger partial charge in [-0.2, -0.15) is 0 Å². The number of nitrogens with zero attached hydrogens (tertiary/aromatic N) is 1. The first-order chi connectivity index (χ1) is 9.29. The van der Waals surface area contributed by atoms with Crippen LogP contribution in [0.25, 0.3) is 0 Å². The molecule has 3 N–H and O–H groups in total. The third-order valence-corrected chi connectivity index (χ3v) is 2.89. The lowest BCUT2D eigenvalue weighted by molar-refractivity contribution is -0.120. The van der Waals surface area contributed by atoms with E-state index in [1.54, 1.807) is 6.20 Å². The minimum absolute atomic E-state index is 0.00360. The highest BCUT2D eigenvalue weighted by atomic mass is 16.1. The second-order valence-electron chi connectivity index (χ2n) is 4.30. The Morgan fingerprint density at radius 3 is 2.63 bits per heavy atom. The molecule has 0 aliphatic carbocycles. The van der Waals surface area contributed by atoms with Gasteiger partial charge in [-0.1, -0.05) is 36.4 Å². The van der Waals surface area contributed by atoms with E-state index in [1.807, 2.05) is 48.7 Å². The Balaban J connectivity index is 2.17. The van der Waals surface area contributed by atoms with Crippen LogP contribution in [0, 0.1) is 0 Å². The zero-order chi connectivity index (χ0) is 13.5. The molecule has 1 amide bonds. The van der Waals surface area contributed by atoms with Crippen molar-refractivity contribution in [1.82, 2.24) is 10.3 Å². The van der Waals surface area contributed by atoms with Crippen LogP contribution in [-0.2, 0) is 11.2 Å². The highest BCUT2D eigenvalue weighted by Crippen LogP contribution is 2.17. The largest absolute Gasteiger partial charge is 0.348 e. The van der Waals surface area contributed by atoms with E-state index in [4.69, 9.17) is 5.73 Å². The van der Waals surface area contributed by atoms with Crippen molar-refractivity contribution in [3.8, 4) is 0 Å². The van der Waals surface area contributed by atoms with Crippen molar-refractivity contribution >= 4 is 5.91 Å². The van der Waals surface area contributed by atoms with Gasteiger partial charge in [0.05, 0.1) is 12.6 Å². The zero-order valence-electron chi connectivity index (χ0n) is 10.6. The zero-order valence-corrected chi connectivity index (χ0v) is 10.6. The van der Waals surface area contributed by atoms with Gasteiger partial charge in [-0.05, 0) is 23.6 Å². The highest BCUT2D eigenvalue weighted by molar-refractivity contribution is 5.78. The van der Waals surface area contributed by atoms with Gasteiger partial charge in [0.25, 0.3) is 0 Å². The Labute approximate surface area is 112 Å². The lowest BCUT2D eigenvalue weighted by atomic mass is 10.00. The van der Waals surface area contributed by atoms with E-state index in [0.717, 1.165) is 11.1 Å². The van der Waals surface area contributed by atoms with E-state index in [-0.39, 0.29) is 18.5 Å². The van der Waals surface area contributed by atoms with Gasteiger partial charge in [-0.3, -0.25) is 9.78 Å². The number of nitrogens with two attached hydrogens (primary N) is 1. The summed E-state index contributed by atoms with van der Waals surface area (Å²) in [5.74, 6) is -0.155. The summed E-state index contributed by atoms with van der Waals surface area (Å²) >= 11 is 0. The summed E-state index contributed by atoms with van der Waals surface area (Å²) in [7, 11) is 0. The van der Waals surface area contributed by atoms with E-state index in [9.17, 15) is 4.79 Å². The van der Waals surface area contributed by atoms with E-state index < -0.39 is 0 Å². The number of hydrogen-bond donors (Lipinski definition) is 2. The Hall–Kier alpha value is -2.20. The number of carbonyl (C=O) groups excluding carboxylic acids is 1. The topological polar surface area (TPSA) is 68.0 Å². The molecule has 1 aromatic carbocycles. The van der Waals surface area contributed by atoms with E-state index in [1.165, 1.54) is 0 Å². The first-order valence-electron chi connectivity index (χ1n) is 6.23. The molecule has 1 aromatic heterocycles. The molecule has 0 bridgehead atoms. The van der Waals surface area contributed by atoms with Gasteiger partial charge in [0.15, 0.2) is 0 Å². The first-order valence-corrected chi connectivity index (χ1v) is 6.23. The van der Waals surface area contributed by atoms with Crippen LogP contribution >= 0.6 is 0 Å². The van der Waals surface area contributed by atoms with Gasteiger partial charge in [0.2, 0.25) is 5.91 Å². The fraction of sp³-hybridized carbons (Fsp3) is 0.200. The van der Waals surface area contributed by atoms with Crippen molar-refractivity contribution in [3.05, 3.63) is 66.0 Å². The number of benzene rings is 1. The van der Waals surface area contributed by atoms with E-state index in [2.05, 4.69) is 10.3 Å². The Kier molecular flexibility index (Phi) is 4.64. The van der Waals surface area contributed by atoms with Crippen molar-refractivity contribution in [2.45, 2.75) is 12.5 Å². The fourth-order valence-corrected chi connectivity index (χ4v) is 1.95. The van der Waals surface area contributed by atoms with Gasteiger partial charge in [0, 0.05) is 12.4 Å². The summed E-state index contributed by atoms with van der Waals surface area (Å²) in [5, 5.41) is 2.94. The molecule has 98 valence electrons. The highest BCUT2D eigenvalue weighted by Gasteiger charge is 2.14. The minimum atomic E-state index is -0.155. The quantitative estimate of drug-likeness (QED) is 0.849. The fourth-order valence-electron chi connectivity index (χ4n) is 1.95. The van der Waals surface area contributed by atoms with Crippen LogP contribution < -0.4 is 11.1 Å². The molecule has 0 saturated heterocycles. The lowest BCUT2D eigenvalue weighted by Crippen LogP contribution is -2.34. The van der Waals surface area contributed by atoms with Crippen LogP contribution in [0.5, 0.6) is 0 Å². The molecular formula is C15H17N3O. The average molecular weight is 255 g/mol. The molecule has 0 spiro atoms. The van der Waals surface area contributed by atoms with Crippen molar-refractivity contribution in [2.75, 3.05) is 6.54 Å². The molecule has 1 heterocycles. The molecule has 0 radical (unpaired) electrons. The molecule has 0 aliphatic heterocycles. The van der Waals surface area contributed by atoms with Crippen LogP contribution in [0.2, 0.25) is 0 Å². The number of pyridine rings is 1. The van der Waals surface area contributed by atoms with Gasteiger partial charge < -0.3 is 11.1 Å². The van der Waals surface area contributed by atoms with Gasteiger partial charge in [-0.15, -0.1) is 0 Å². The third-order valence-electron chi connectivity index (χ3n) is 2.89. The SMILES string of the molecule is NCC(=O)NC(Cc1cccnc1)c1ccccc1. The van der Waals surface area contributed by atoms with Gasteiger partial charge in [0.1, 0.15) is 0 Å². The first kappa shape index (κ1) is 13.2. The molecule has 4 heteroatoms. The van der Waals surface area contributed by atoms with E-state index >= 15 is 0 Å². The van der Waals surface area contributed by atoms with Crippen molar-refractivity contribution in [2.24, 2.45) is 5.73 Å². The van der Waals surface area contributed by atoms with Crippen molar-refractivity contribution in [1.29, 1.82) is 0 Å². The van der Waals surface area contributed by atoms with Crippen LogP contribution in [0.15, 0.2) is 54.9 Å². The Bertz CT molecular complexity index is 513. The summed E-state index contributed by atoms with van der Waals surface area (Å²) in [6.07, 6.45) is 4.24. The molecule has 4 nitrogen and oxygen atoms in total. The number of hydrogen-bond acceptors (Lipinski definition) is 3. The number of nitrogens with one attached hydrogen (secondary N) is 1. The maximum absolute atomic E-state index is 11.5. The van der Waals surface area contributed by atoms with E-state index in [0.29, 0.717) is 6.42 Å². The maximum Gasteiger partial charge on any atom is 0.234 e. The molecule has 1 atom stereocenters. The van der Waals surface area contributed by atoms with Crippen LogP contribution in [-0.4, -0.2) is 17.4 Å². The summed E-state index contributed by atoms with van der Waals surface area (Å²) in [6, 6.07) is 13.7.